The van der Waals surface area contributed by atoms with Gasteiger partial charge in [-0.3, -0.25) is 0 Å². The number of fused-ring (bicyclic) bond motifs is 1. The zero-order chi connectivity index (χ0) is 8.55. The Kier molecular flexibility index (Phi) is 1.25. The largest absolute Gasteiger partial charge is 0.506 e. The van der Waals surface area contributed by atoms with Gasteiger partial charge in [-0.05, 0) is 6.07 Å². The van der Waals surface area contributed by atoms with Gasteiger partial charge in [0, 0.05) is 11.6 Å². The van der Waals surface area contributed by atoms with Gasteiger partial charge in [-0.15, -0.1) is 0 Å². The van der Waals surface area contributed by atoms with Crippen LogP contribution in [0.3, 0.4) is 0 Å². The molecule has 2 aromatic rings. The second-order valence-corrected chi connectivity index (χ2v) is 2.40. The van der Waals surface area contributed by atoms with Crippen LogP contribution in [0.1, 0.15) is 5.56 Å². The number of nitrogens with zero attached hydrogens (tertiary/aromatic N) is 2. The molecular formula is C8H5N3O. The van der Waals surface area contributed by atoms with Crippen molar-refractivity contribution in [3.8, 4) is 11.8 Å². The zero-order valence-corrected chi connectivity index (χ0v) is 6.07. The maximum absolute atomic E-state index is 9.08. The lowest BCUT2D eigenvalue weighted by atomic mass is 10.2. The number of aromatic nitrogens is 2. The van der Waals surface area contributed by atoms with Gasteiger partial charge < -0.3 is 10.1 Å². The van der Waals surface area contributed by atoms with Crippen molar-refractivity contribution in [2.45, 2.75) is 0 Å². The highest BCUT2D eigenvalue weighted by atomic mass is 16.3. The lowest BCUT2D eigenvalue weighted by molar-refractivity contribution is 0.474. The van der Waals surface area contributed by atoms with E-state index in [1.165, 1.54) is 12.3 Å². The number of nitriles is 1. The molecule has 2 aromatic heterocycles. The minimum absolute atomic E-state index is 0.0681. The summed E-state index contributed by atoms with van der Waals surface area (Å²) >= 11 is 0. The third kappa shape index (κ3) is 0.805. The highest BCUT2D eigenvalue weighted by molar-refractivity contribution is 5.83. The van der Waals surface area contributed by atoms with Crippen molar-refractivity contribution in [2.24, 2.45) is 0 Å². The molecule has 0 radical (unpaired) electrons. The van der Waals surface area contributed by atoms with Gasteiger partial charge in [0.2, 0.25) is 0 Å². The fourth-order valence-electron chi connectivity index (χ4n) is 1.08. The monoisotopic (exact) mass is 159 g/mol. The van der Waals surface area contributed by atoms with Gasteiger partial charge in [-0.1, -0.05) is 0 Å². The molecule has 0 fully saturated rings. The predicted molar refractivity (Wildman–Crippen MR) is 42.5 cm³/mol. The van der Waals surface area contributed by atoms with Crippen molar-refractivity contribution in [1.82, 2.24) is 9.97 Å². The Hall–Kier alpha value is -2.02. The van der Waals surface area contributed by atoms with E-state index in [4.69, 9.17) is 10.4 Å². The Labute approximate surface area is 68.1 Å². The molecule has 2 rings (SSSR count). The molecule has 2 heterocycles. The number of rotatable bonds is 0. The second-order valence-electron chi connectivity index (χ2n) is 2.40. The number of pyridine rings is 1. The molecule has 2 N–H and O–H groups in total. The van der Waals surface area contributed by atoms with Crippen LogP contribution >= 0.6 is 0 Å². The van der Waals surface area contributed by atoms with Crippen LogP contribution in [0.15, 0.2) is 18.5 Å². The molecule has 0 aliphatic rings. The van der Waals surface area contributed by atoms with Gasteiger partial charge >= 0.3 is 0 Å². The summed E-state index contributed by atoms with van der Waals surface area (Å²) in [5.41, 5.74) is 1.11. The van der Waals surface area contributed by atoms with Gasteiger partial charge in [-0.25, -0.2) is 4.98 Å². The fraction of sp³-hybridized carbons (Fsp3) is 0. The first kappa shape index (κ1) is 6.68. The molecule has 58 valence electrons. The van der Waals surface area contributed by atoms with Crippen molar-refractivity contribution in [2.75, 3.05) is 0 Å². The summed E-state index contributed by atoms with van der Waals surface area (Å²) in [6.45, 7) is 0. The summed E-state index contributed by atoms with van der Waals surface area (Å²) in [7, 11) is 0. The number of hydrogen-bond donors (Lipinski definition) is 2. The third-order valence-electron chi connectivity index (χ3n) is 1.64. The van der Waals surface area contributed by atoms with Crippen LogP contribution in [0.5, 0.6) is 5.75 Å². The van der Waals surface area contributed by atoms with Crippen LogP contribution in [0.2, 0.25) is 0 Å². The predicted octanol–water partition coefficient (Wildman–Crippen LogP) is 1.14. The number of aromatic hydroxyl groups is 1. The van der Waals surface area contributed by atoms with Gasteiger partial charge in [-0.2, -0.15) is 5.26 Å². The molecule has 0 saturated heterocycles. The summed E-state index contributed by atoms with van der Waals surface area (Å²) in [6.07, 6.45) is 2.90. The summed E-state index contributed by atoms with van der Waals surface area (Å²) in [6, 6.07) is 3.51. The Morgan fingerprint density at radius 2 is 2.42 bits per heavy atom. The average molecular weight is 159 g/mol. The molecule has 0 aliphatic heterocycles. The van der Waals surface area contributed by atoms with Gasteiger partial charge in [0.25, 0.3) is 0 Å². The molecule has 0 aliphatic carbocycles. The molecule has 0 saturated carbocycles. The number of hydrogen-bond acceptors (Lipinski definition) is 3. The van der Waals surface area contributed by atoms with E-state index in [2.05, 4.69) is 9.97 Å². The third-order valence-corrected chi connectivity index (χ3v) is 1.64. The number of nitrogens with one attached hydrogen (secondary N) is 1. The molecule has 0 bridgehead atoms. The summed E-state index contributed by atoms with van der Waals surface area (Å²) in [4.78, 5) is 6.71. The zero-order valence-electron chi connectivity index (χ0n) is 6.07. The fourth-order valence-corrected chi connectivity index (χ4v) is 1.08. The lowest BCUT2D eigenvalue weighted by Crippen LogP contribution is -1.75. The van der Waals surface area contributed by atoms with Gasteiger partial charge in [0.1, 0.15) is 17.5 Å². The molecular weight excluding hydrogens is 154 g/mol. The summed E-state index contributed by atoms with van der Waals surface area (Å²) in [5, 5.41) is 18.4. The van der Waals surface area contributed by atoms with Crippen molar-refractivity contribution < 1.29 is 5.11 Å². The SMILES string of the molecule is N#Cc1c[nH]c2ncc(O)cc12. The molecule has 0 amide bonds. The highest BCUT2D eigenvalue weighted by Crippen LogP contribution is 2.19. The summed E-state index contributed by atoms with van der Waals surface area (Å²) < 4.78 is 0. The van der Waals surface area contributed by atoms with E-state index in [0.29, 0.717) is 16.6 Å². The quantitative estimate of drug-likeness (QED) is 0.605. The molecule has 4 nitrogen and oxygen atoms in total. The number of aromatic amines is 1. The van der Waals surface area contributed by atoms with Crippen molar-refractivity contribution >= 4 is 11.0 Å². The minimum atomic E-state index is 0.0681. The smallest absolute Gasteiger partial charge is 0.138 e. The molecule has 0 spiro atoms. The lowest BCUT2D eigenvalue weighted by Gasteiger charge is -1.90. The normalized spacial score (nSPS) is 9.92. The van der Waals surface area contributed by atoms with Crippen LogP contribution in [-0.2, 0) is 0 Å². The van der Waals surface area contributed by atoms with E-state index < -0.39 is 0 Å². The van der Waals surface area contributed by atoms with Crippen molar-refractivity contribution in [1.29, 1.82) is 5.26 Å². The molecule has 4 heteroatoms. The van der Waals surface area contributed by atoms with Crippen LogP contribution in [0.25, 0.3) is 11.0 Å². The van der Waals surface area contributed by atoms with E-state index in [0.717, 1.165) is 0 Å². The molecule has 12 heavy (non-hydrogen) atoms. The first-order valence-electron chi connectivity index (χ1n) is 3.37. The van der Waals surface area contributed by atoms with E-state index in [1.54, 1.807) is 6.20 Å². The van der Waals surface area contributed by atoms with Crippen LogP contribution in [-0.4, -0.2) is 15.1 Å². The maximum Gasteiger partial charge on any atom is 0.138 e. The Morgan fingerprint density at radius 1 is 1.58 bits per heavy atom. The highest BCUT2D eigenvalue weighted by Gasteiger charge is 2.03. The minimum Gasteiger partial charge on any atom is -0.506 e. The van der Waals surface area contributed by atoms with E-state index in [-0.39, 0.29) is 5.75 Å². The Balaban J connectivity index is 2.86. The first-order chi connectivity index (χ1) is 5.81. The Morgan fingerprint density at radius 3 is 3.17 bits per heavy atom. The van der Waals surface area contributed by atoms with Gasteiger partial charge in [0.05, 0.1) is 11.8 Å². The van der Waals surface area contributed by atoms with Crippen LogP contribution < -0.4 is 0 Å². The van der Waals surface area contributed by atoms with Crippen LogP contribution in [0, 0.1) is 11.3 Å². The Bertz CT molecular complexity index is 467. The first-order valence-corrected chi connectivity index (χ1v) is 3.37. The molecule has 0 aromatic carbocycles. The average Bonchev–Trinajstić information content (AvgIpc) is 2.46. The second kappa shape index (κ2) is 2.24. The standard InChI is InChI=1S/C8H5N3O/c9-2-5-3-10-8-7(5)1-6(12)4-11-8/h1,3-4,12H,(H,10,11). The van der Waals surface area contributed by atoms with E-state index in [1.807, 2.05) is 6.07 Å². The van der Waals surface area contributed by atoms with E-state index in [9.17, 15) is 0 Å². The van der Waals surface area contributed by atoms with E-state index >= 15 is 0 Å². The van der Waals surface area contributed by atoms with Gasteiger partial charge in [0.15, 0.2) is 0 Å². The van der Waals surface area contributed by atoms with Crippen molar-refractivity contribution in [3.05, 3.63) is 24.0 Å². The topological polar surface area (TPSA) is 72.7 Å². The maximum atomic E-state index is 9.08. The number of H-pyrrole nitrogens is 1. The summed E-state index contributed by atoms with van der Waals surface area (Å²) in [5.74, 6) is 0.0681. The van der Waals surface area contributed by atoms with Crippen molar-refractivity contribution in [3.63, 3.8) is 0 Å². The van der Waals surface area contributed by atoms with Crippen LogP contribution in [0.4, 0.5) is 0 Å². The molecule has 0 atom stereocenters. The molecule has 0 unspecified atom stereocenters.